The second-order valence-corrected chi connectivity index (χ2v) is 13.7. The Hall–Kier alpha value is -2.12. The molecule has 0 spiro atoms. The number of thiazole rings is 1. The summed E-state index contributed by atoms with van der Waals surface area (Å²) in [4.78, 5) is 46.6. The van der Waals surface area contributed by atoms with Crippen molar-refractivity contribution in [2.24, 2.45) is 17.8 Å². The number of hydrogen-bond donors (Lipinski definition) is 1. The predicted octanol–water partition coefficient (Wildman–Crippen LogP) is 6.70. The van der Waals surface area contributed by atoms with E-state index in [1.54, 1.807) is 11.3 Å². The number of nitrogens with zero attached hydrogens (tertiary/aromatic N) is 2. The summed E-state index contributed by atoms with van der Waals surface area (Å²) in [5.41, 5.74) is 2.24. The van der Waals surface area contributed by atoms with E-state index in [1.807, 2.05) is 6.92 Å². The van der Waals surface area contributed by atoms with Crippen LogP contribution in [-0.4, -0.2) is 53.5 Å². The first-order chi connectivity index (χ1) is 19.2. The van der Waals surface area contributed by atoms with E-state index in [9.17, 15) is 14.4 Å². The quantitative estimate of drug-likeness (QED) is 0.291. The van der Waals surface area contributed by atoms with Gasteiger partial charge in [-0.3, -0.25) is 14.4 Å². The van der Waals surface area contributed by atoms with Gasteiger partial charge in [0.1, 0.15) is 11.6 Å². The Morgan fingerprint density at radius 2 is 1.80 bits per heavy atom. The van der Waals surface area contributed by atoms with Gasteiger partial charge in [0.05, 0.1) is 21.1 Å². The molecular formula is C33H49N3O3S. The average Bonchev–Trinajstić information content (AvgIpc) is 3.37. The highest BCUT2D eigenvalue weighted by Gasteiger charge is 2.31. The van der Waals surface area contributed by atoms with Crippen LogP contribution in [0.3, 0.4) is 0 Å². The fourth-order valence-corrected chi connectivity index (χ4v) is 7.51. The molecule has 1 aliphatic heterocycles. The van der Waals surface area contributed by atoms with Crippen molar-refractivity contribution in [1.29, 1.82) is 0 Å². The molecule has 0 bridgehead atoms. The second kappa shape index (κ2) is 14.7. The zero-order valence-electron chi connectivity index (χ0n) is 25.0. The third-order valence-corrected chi connectivity index (χ3v) is 10.2. The Kier molecular flexibility index (Phi) is 11.3. The van der Waals surface area contributed by atoms with E-state index in [-0.39, 0.29) is 30.1 Å². The minimum Gasteiger partial charge on any atom is -0.353 e. The van der Waals surface area contributed by atoms with Crippen molar-refractivity contribution in [3.63, 3.8) is 0 Å². The first-order valence-electron chi connectivity index (χ1n) is 15.7. The van der Waals surface area contributed by atoms with Crippen molar-refractivity contribution in [1.82, 2.24) is 15.2 Å². The van der Waals surface area contributed by atoms with Gasteiger partial charge in [0.15, 0.2) is 0 Å². The SMILES string of the molecule is CCC(=O)C[C@@H](Cc1nc2ccc(C(C)C)cc2s1)C(=O)N[C@H](CCC(=O)C1CCN(C)CC1)C1CCCCC1. The molecule has 1 amide bonds. The minimum absolute atomic E-state index is 0.00814. The molecule has 1 aromatic heterocycles. The number of hydrogen-bond acceptors (Lipinski definition) is 6. The number of aromatic nitrogens is 1. The fraction of sp³-hybridized carbons (Fsp3) is 0.697. The maximum Gasteiger partial charge on any atom is 0.224 e. The van der Waals surface area contributed by atoms with Crippen LogP contribution in [0.25, 0.3) is 10.2 Å². The molecule has 2 aromatic rings. The van der Waals surface area contributed by atoms with E-state index in [4.69, 9.17) is 4.98 Å². The number of likely N-dealkylation sites (tertiary alicyclic amines) is 1. The van der Waals surface area contributed by atoms with Gasteiger partial charge in [-0.25, -0.2) is 4.98 Å². The number of carbonyl (C=O) groups excluding carboxylic acids is 3. The Morgan fingerprint density at radius 1 is 1.07 bits per heavy atom. The topological polar surface area (TPSA) is 79.4 Å². The largest absolute Gasteiger partial charge is 0.353 e. The highest BCUT2D eigenvalue weighted by Crippen LogP contribution is 2.31. The Labute approximate surface area is 244 Å². The molecule has 0 unspecified atom stereocenters. The molecule has 1 N–H and O–H groups in total. The van der Waals surface area contributed by atoms with Crippen LogP contribution < -0.4 is 5.32 Å². The van der Waals surface area contributed by atoms with Gasteiger partial charge in [0.25, 0.3) is 0 Å². The highest BCUT2D eigenvalue weighted by molar-refractivity contribution is 7.18. The highest BCUT2D eigenvalue weighted by atomic mass is 32.1. The van der Waals surface area contributed by atoms with Crippen LogP contribution in [-0.2, 0) is 20.8 Å². The summed E-state index contributed by atoms with van der Waals surface area (Å²) in [6.45, 7) is 8.20. The van der Waals surface area contributed by atoms with Gasteiger partial charge in [-0.1, -0.05) is 46.1 Å². The maximum atomic E-state index is 13.8. The summed E-state index contributed by atoms with van der Waals surface area (Å²) < 4.78 is 1.13. The molecule has 40 heavy (non-hydrogen) atoms. The number of fused-ring (bicyclic) bond motifs is 1. The number of nitrogens with one attached hydrogen (secondary N) is 1. The second-order valence-electron chi connectivity index (χ2n) is 12.6. The van der Waals surface area contributed by atoms with Crippen LogP contribution in [0.1, 0.15) is 108 Å². The average molecular weight is 568 g/mol. The summed E-state index contributed by atoms with van der Waals surface area (Å²) in [7, 11) is 2.12. The van der Waals surface area contributed by atoms with Gasteiger partial charge >= 0.3 is 0 Å². The number of carbonyl (C=O) groups is 3. The molecule has 6 nitrogen and oxygen atoms in total. The van der Waals surface area contributed by atoms with E-state index in [1.165, 1.54) is 24.8 Å². The Morgan fingerprint density at radius 3 is 2.48 bits per heavy atom. The first kappa shape index (κ1) is 30.8. The minimum atomic E-state index is -0.437. The van der Waals surface area contributed by atoms with E-state index in [0.717, 1.165) is 54.0 Å². The molecule has 2 aliphatic rings. The number of ketones is 2. The summed E-state index contributed by atoms with van der Waals surface area (Å²) in [5.74, 6) is 0.982. The summed E-state index contributed by atoms with van der Waals surface area (Å²) in [6, 6.07) is 6.39. The monoisotopic (exact) mass is 567 g/mol. The van der Waals surface area contributed by atoms with Gasteiger partial charge in [-0.2, -0.15) is 0 Å². The van der Waals surface area contributed by atoms with E-state index >= 15 is 0 Å². The molecule has 7 heteroatoms. The lowest BCUT2D eigenvalue weighted by molar-refractivity contribution is -0.130. The van der Waals surface area contributed by atoms with Crippen LogP contribution >= 0.6 is 11.3 Å². The lowest BCUT2D eigenvalue weighted by Crippen LogP contribution is -2.45. The van der Waals surface area contributed by atoms with Gasteiger partial charge in [0, 0.05) is 37.6 Å². The van der Waals surface area contributed by atoms with Crippen LogP contribution in [0.5, 0.6) is 0 Å². The fourth-order valence-electron chi connectivity index (χ4n) is 6.42. The van der Waals surface area contributed by atoms with Crippen LogP contribution in [0.4, 0.5) is 0 Å². The van der Waals surface area contributed by atoms with Crippen molar-refractivity contribution in [2.75, 3.05) is 20.1 Å². The Bertz CT molecular complexity index is 1150. The van der Waals surface area contributed by atoms with E-state index in [0.29, 0.717) is 43.3 Å². The lowest BCUT2D eigenvalue weighted by atomic mass is 9.80. The smallest absolute Gasteiger partial charge is 0.224 e. The molecule has 1 saturated heterocycles. The molecule has 4 rings (SSSR count). The number of Topliss-reactive ketones (excluding diaryl/α,β-unsaturated/α-hetero) is 2. The van der Waals surface area contributed by atoms with Crippen LogP contribution in [0.15, 0.2) is 18.2 Å². The third-order valence-electron chi connectivity index (χ3n) is 9.21. The van der Waals surface area contributed by atoms with Crippen molar-refractivity contribution in [3.05, 3.63) is 28.8 Å². The number of benzene rings is 1. The number of rotatable bonds is 13. The number of amides is 1. The zero-order valence-corrected chi connectivity index (χ0v) is 25.9. The normalized spacial score (nSPS) is 19.1. The molecule has 2 atom stereocenters. The van der Waals surface area contributed by atoms with Crippen LogP contribution in [0, 0.1) is 17.8 Å². The summed E-state index contributed by atoms with van der Waals surface area (Å²) in [5, 5.41) is 4.29. The van der Waals surface area contributed by atoms with E-state index < -0.39 is 5.92 Å². The van der Waals surface area contributed by atoms with Crippen molar-refractivity contribution in [3.8, 4) is 0 Å². The molecule has 1 saturated carbocycles. The lowest BCUT2D eigenvalue weighted by Gasteiger charge is -2.33. The molecule has 2 fully saturated rings. The summed E-state index contributed by atoms with van der Waals surface area (Å²) in [6.07, 6.45) is 10.1. The molecule has 1 aromatic carbocycles. The third kappa shape index (κ3) is 8.45. The van der Waals surface area contributed by atoms with Gasteiger partial charge in [-0.15, -0.1) is 11.3 Å². The van der Waals surface area contributed by atoms with Crippen molar-refractivity contribution >= 4 is 39.0 Å². The Balaban J connectivity index is 1.46. The van der Waals surface area contributed by atoms with E-state index in [2.05, 4.69) is 49.3 Å². The van der Waals surface area contributed by atoms with Gasteiger partial charge in [-0.05, 0) is 81.8 Å². The standard InChI is InChI=1S/C33H49N3O3S/c1-5-27(37)19-26(21-32-34-29-12-11-25(22(2)3)20-31(29)40-32)33(39)35-28(23-9-7-6-8-10-23)13-14-30(38)24-15-17-36(4)18-16-24/h11-12,20,22-24,26,28H,5-10,13-19,21H2,1-4H3,(H,35,39)/t26-,28+/m0/s1. The molecule has 220 valence electrons. The molecule has 0 radical (unpaired) electrons. The van der Waals surface area contributed by atoms with Crippen LogP contribution in [0.2, 0.25) is 0 Å². The number of piperidine rings is 1. The summed E-state index contributed by atoms with van der Waals surface area (Å²) >= 11 is 1.64. The molecule has 2 heterocycles. The van der Waals surface area contributed by atoms with Crippen molar-refractivity contribution < 1.29 is 14.4 Å². The predicted molar refractivity (Wildman–Crippen MR) is 164 cm³/mol. The van der Waals surface area contributed by atoms with Gasteiger partial charge in [0.2, 0.25) is 5.91 Å². The maximum absolute atomic E-state index is 13.8. The molecular weight excluding hydrogens is 518 g/mol. The first-order valence-corrected chi connectivity index (χ1v) is 16.5. The zero-order chi connectivity index (χ0) is 28.6. The molecule has 1 aliphatic carbocycles. The van der Waals surface area contributed by atoms with Crippen molar-refractivity contribution in [2.45, 2.75) is 110 Å². The van der Waals surface area contributed by atoms with Gasteiger partial charge < -0.3 is 10.2 Å².